The first-order valence-corrected chi connectivity index (χ1v) is 10.5. The molecule has 30 heavy (non-hydrogen) atoms. The van der Waals surface area contributed by atoms with Crippen molar-refractivity contribution in [3.63, 3.8) is 0 Å². The molecule has 1 aromatic carbocycles. The lowest BCUT2D eigenvalue weighted by Crippen LogP contribution is -2.34. The minimum absolute atomic E-state index is 0.0839. The van der Waals surface area contributed by atoms with E-state index in [0.29, 0.717) is 16.5 Å². The van der Waals surface area contributed by atoms with Crippen LogP contribution < -0.4 is 11.1 Å². The highest BCUT2D eigenvalue weighted by molar-refractivity contribution is 6.34. The molecule has 0 radical (unpaired) electrons. The van der Waals surface area contributed by atoms with Gasteiger partial charge in [0.05, 0.1) is 10.6 Å². The van der Waals surface area contributed by atoms with Gasteiger partial charge in [-0.2, -0.15) is 0 Å². The van der Waals surface area contributed by atoms with Crippen LogP contribution in [0.1, 0.15) is 41.6 Å². The van der Waals surface area contributed by atoms with Crippen LogP contribution in [0.15, 0.2) is 18.3 Å². The number of pyridine rings is 1. The van der Waals surface area contributed by atoms with E-state index >= 15 is 4.39 Å². The number of hydrogen-bond acceptors (Lipinski definition) is 5. The van der Waals surface area contributed by atoms with Crippen LogP contribution in [0.2, 0.25) is 5.02 Å². The van der Waals surface area contributed by atoms with E-state index in [-0.39, 0.29) is 28.8 Å². The second-order valence-electron chi connectivity index (χ2n) is 8.56. The topological polar surface area (TPSA) is 91.5 Å². The smallest absolute Gasteiger partial charge is 0.258 e. The Morgan fingerprint density at radius 3 is 2.70 bits per heavy atom. The number of benzene rings is 1. The Hall–Kier alpha value is -2.38. The summed E-state index contributed by atoms with van der Waals surface area (Å²) in [7, 11) is 3.10. The standard InChI is InChI=1S/C22H26ClFN4O2/c1-28(2)21(30)16-15(25)4-3-13(19(16)24)14-9-26-20-17(18(14)23)22(11-27-20)7-5-12(10-29)6-8-22/h3-4,9,12,29H,5-8,10-11,25H2,1-2H3,(H,26,27)/t12-,22+. The summed E-state index contributed by atoms with van der Waals surface area (Å²) in [6.07, 6.45) is 5.15. The van der Waals surface area contributed by atoms with Crippen LogP contribution in [0.25, 0.3) is 11.1 Å². The number of halogens is 2. The minimum Gasteiger partial charge on any atom is -0.398 e. The highest BCUT2D eigenvalue weighted by Gasteiger charge is 2.44. The maximum atomic E-state index is 15.4. The van der Waals surface area contributed by atoms with Crippen molar-refractivity contribution >= 4 is 29.0 Å². The Balaban J connectivity index is 1.81. The molecule has 160 valence electrons. The van der Waals surface area contributed by atoms with Gasteiger partial charge < -0.3 is 21.1 Å². The number of carbonyl (C=O) groups excluding carboxylic acids is 1. The number of rotatable bonds is 3. The van der Waals surface area contributed by atoms with Crippen molar-refractivity contribution in [2.75, 3.05) is 38.3 Å². The molecular formula is C22H26ClFN4O2. The molecule has 1 spiro atoms. The molecule has 1 amide bonds. The van der Waals surface area contributed by atoms with E-state index in [2.05, 4.69) is 10.3 Å². The summed E-state index contributed by atoms with van der Waals surface area (Å²) < 4.78 is 15.4. The Labute approximate surface area is 180 Å². The van der Waals surface area contributed by atoms with Gasteiger partial charge in [-0.05, 0) is 43.7 Å². The largest absolute Gasteiger partial charge is 0.398 e. The third-order valence-electron chi connectivity index (χ3n) is 6.54. The van der Waals surface area contributed by atoms with E-state index in [9.17, 15) is 9.90 Å². The Morgan fingerprint density at radius 1 is 1.37 bits per heavy atom. The lowest BCUT2D eigenvalue weighted by molar-refractivity contribution is 0.0824. The van der Waals surface area contributed by atoms with E-state index in [1.807, 2.05) is 0 Å². The van der Waals surface area contributed by atoms with E-state index in [1.165, 1.54) is 11.0 Å². The quantitative estimate of drug-likeness (QED) is 0.643. The number of nitrogens with zero attached hydrogens (tertiary/aromatic N) is 2. The van der Waals surface area contributed by atoms with Gasteiger partial charge in [0.2, 0.25) is 0 Å². The van der Waals surface area contributed by atoms with Crippen LogP contribution in [0.3, 0.4) is 0 Å². The first kappa shape index (κ1) is 20.9. The molecule has 4 N–H and O–H groups in total. The maximum Gasteiger partial charge on any atom is 0.258 e. The van der Waals surface area contributed by atoms with E-state index < -0.39 is 11.7 Å². The van der Waals surface area contributed by atoms with Gasteiger partial charge in [0.15, 0.2) is 0 Å². The zero-order valence-electron chi connectivity index (χ0n) is 17.1. The highest BCUT2D eigenvalue weighted by atomic mass is 35.5. The van der Waals surface area contributed by atoms with Crippen molar-refractivity contribution in [2.45, 2.75) is 31.1 Å². The number of nitrogens with one attached hydrogen (secondary N) is 1. The van der Waals surface area contributed by atoms with Gasteiger partial charge in [0.25, 0.3) is 5.91 Å². The maximum absolute atomic E-state index is 15.4. The van der Waals surface area contributed by atoms with Crippen LogP contribution in [0.5, 0.6) is 0 Å². The normalized spacial score (nSPS) is 22.6. The molecule has 1 aromatic heterocycles. The first-order valence-electron chi connectivity index (χ1n) is 10.1. The molecule has 1 fully saturated rings. The van der Waals surface area contributed by atoms with Crippen LogP contribution in [0, 0.1) is 11.7 Å². The molecule has 0 atom stereocenters. The second-order valence-corrected chi connectivity index (χ2v) is 8.94. The average Bonchev–Trinajstić information content (AvgIpc) is 3.08. The molecule has 2 aromatic rings. The van der Waals surface area contributed by atoms with Gasteiger partial charge in [0, 0.05) is 61.2 Å². The third-order valence-corrected chi connectivity index (χ3v) is 6.94. The fourth-order valence-electron chi connectivity index (χ4n) is 4.72. The van der Waals surface area contributed by atoms with E-state index in [1.54, 1.807) is 26.4 Å². The number of nitrogen functional groups attached to an aromatic ring is 1. The number of aliphatic hydroxyl groups excluding tert-OH is 1. The summed E-state index contributed by atoms with van der Waals surface area (Å²) in [5.41, 5.74) is 7.23. The lowest BCUT2D eigenvalue weighted by atomic mass is 9.68. The Bertz CT molecular complexity index is 1000. The van der Waals surface area contributed by atoms with Crippen LogP contribution in [-0.2, 0) is 5.41 Å². The fourth-order valence-corrected chi connectivity index (χ4v) is 5.16. The van der Waals surface area contributed by atoms with Crippen LogP contribution in [0.4, 0.5) is 15.9 Å². The highest BCUT2D eigenvalue weighted by Crippen LogP contribution is 2.52. The molecular weight excluding hydrogens is 407 g/mol. The summed E-state index contributed by atoms with van der Waals surface area (Å²) >= 11 is 6.87. The molecule has 1 saturated carbocycles. The molecule has 0 unspecified atom stereocenters. The number of carbonyl (C=O) groups is 1. The molecule has 6 nitrogen and oxygen atoms in total. The first-order chi connectivity index (χ1) is 14.3. The monoisotopic (exact) mass is 432 g/mol. The van der Waals surface area contributed by atoms with Crippen LogP contribution >= 0.6 is 11.6 Å². The SMILES string of the molecule is CN(C)C(=O)c1c(N)ccc(-c2cnc3c(c2Cl)[C@]2(CC[C@@H](CO)CC2)CN3)c1F. The Kier molecular flexibility index (Phi) is 5.36. The zero-order valence-corrected chi connectivity index (χ0v) is 17.9. The summed E-state index contributed by atoms with van der Waals surface area (Å²) in [4.78, 5) is 18.3. The molecule has 0 saturated heterocycles. The number of aromatic nitrogens is 1. The van der Waals surface area contributed by atoms with Crippen molar-refractivity contribution in [1.82, 2.24) is 9.88 Å². The Morgan fingerprint density at radius 2 is 2.07 bits per heavy atom. The number of aliphatic hydroxyl groups is 1. The molecule has 1 aliphatic heterocycles. The molecule has 0 bridgehead atoms. The summed E-state index contributed by atoms with van der Waals surface area (Å²) in [6.45, 7) is 0.924. The number of anilines is 2. The molecule has 1 aliphatic carbocycles. The van der Waals surface area contributed by atoms with Crippen LogP contribution in [-0.4, -0.2) is 48.1 Å². The van der Waals surface area contributed by atoms with Crippen molar-refractivity contribution < 1.29 is 14.3 Å². The van der Waals surface area contributed by atoms with Crippen molar-refractivity contribution in [3.8, 4) is 11.1 Å². The van der Waals surface area contributed by atoms with Gasteiger partial charge >= 0.3 is 0 Å². The summed E-state index contributed by atoms with van der Waals surface area (Å²) in [5, 5.41) is 13.3. The van der Waals surface area contributed by atoms with Crippen molar-refractivity contribution in [1.29, 1.82) is 0 Å². The minimum atomic E-state index is -0.693. The van der Waals surface area contributed by atoms with Gasteiger partial charge in [0.1, 0.15) is 11.6 Å². The average molecular weight is 433 g/mol. The number of hydrogen-bond donors (Lipinski definition) is 3. The second kappa shape index (κ2) is 7.71. The number of fused-ring (bicyclic) bond motifs is 2. The third kappa shape index (κ3) is 3.20. The molecule has 8 heteroatoms. The van der Waals surface area contributed by atoms with Crippen molar-refractivity contribution in [2.24, 2.45) is 5.92 Å². The van der Waals surface area contributed by atoms with Gasteiger partial charge in [-0.25, -0.2) is 9.37 Å². The van der Waals surface area contributed by atoms with E-state index in [0.717, 1.165) is 43.6 Å². The molecule has 2 aliphatic rings. The summed E-state index contributed by atoms with van der Waals surface area (Å²) in [6, 6.07) is 3.07. The molecule has 4 rings (SSSR count). The zero-order chi connectivity index (χ0) is 21.6. The van der Waals surface area contributed by atoms with E-state index in [4.69, 9.17) is 17.3 Å². The number of amides is 1. The summed E-state index contributed by atoms with van der Waals surface area (Å²) in [5.74, 6) is -0.158. The fraction of sp³-hybridized carbons (Fsp3) is 0.455. The molecule has 2 heterocycles. The van der Waals surface area contributed by atoms with Crippen molar-refractivity contribution in [3.05, 3.63) is 40.3 Å². The lowest BCUT2D eigenvalue weighted by Gasteiger charge is -2.37. The van der Waals surface area contributed by atoms with Gasteiger partial charge in [-0.15, -0.1) is 0 Å². The predicted molar refractivity (Wildman–Crippen MR) is 116 cm³/mol. The predicted octanol–water partition coefficient (Wildman–Crippen LogP) is 3.67. The number of nitrogens with two attached hydrogens (primary N) is 1. The van der Waals surface area contributed by atoms with Gasteiger partial charge in [-0.1, -0.05) is 11.6 Å². The van der Waals surface area contributed by atoms with Gasteiger partial charge in [-0.3, -0.25) is 4.79 Å².